The van der Waals surface area contributed by atoms with E-state index >= 15 is 0 Å². The number of carbonyl (C=O) groups is 1. The van der Waals surface area contributed by atoms with Gasteiger partial charge >= 0.3 is 0 Å². The van der Waals surface area contributed by atoms with Crippen molar-refractivity contribution in [2.45, 2.75) is 20.8 Å². The van der Waals surface area contributed by atoms with E-state index in [1.165, 1.54) is 0 Å². The lowest BCUT2D eigenvalue weighted by Crippen LogP contribution is -2.42. The second-order valence-electron chi connectivity index (χ2n) is 4.21. The first-order valence-corrected chi connectivity index (χ1v) is 6.87. The molecule has 1 aromatic rings. The third-order valence-electron chi connectivity index (χ3n) is 2.76. The van der Waals surface area contributed by atoms with Crippen LogP contribution in [-0.4, -0.2) is 35.6 Å². The van der Waals surface area contributed by atoms with Crippen molar-refractivity contribution >= 4 is 28.9 Å². The second-order valence-corrected chi connectivity index (χ2v) is 4.60. The summed E-state index contributed by atoms with van der Waals surface area (Å²) in [6, 6.07) is 7.93. The molecule has 0 atom stereocenters. The van der Waals surface area contributed by atoms with Crippen molar-refractivity contribution in [3.63, 3.8) is 0 Å². The van der Waals surface area contributed by atoms with Gasteiger partial charge < -0.3 is 15.5 Å². The van der Waals surface area contributed by atoms with Crippen LogP contribution in [0, 0.1) is 6.92 Å². The van der Waals surface area contributed by atoms with Crippen LogP contribution in [0.25, 0.3) is 0 Å². The molecule has 0 heterocycles. The van der Waals surface area contributed by atoms with Crippen molar-refractivity contribution in [3.05, 3.63) is 29.8 Å². The molecule has 0 saturated carbocycles. The third kappa shape index (κ3) is 4.87. The Kier molecular flexibility index (Phi) is 6.29. The number of rotatable bonds is 5. The number of nitrogens with one attached hydrogen (secondary N) is 2. The molecule has 4 nitrogen and oxygen atoms in total. The fourth-order valence-electron chi connectivity index (χ4n) is 1.66. The van der Waals surface area contributed by atoms with Gasteiger partial charge in [0.1, 0.15) is 0 Å². The molecular formula is C14H21N3OS. The van der Waals surface area contributed by atoms with Crippen LogP contribution in [-0.2, 0) is 4.79 Å². The van der Waals surface area contributed by atoms with E-state index in [1.807, 2.05) is 49.9 Å². The Bertz CT molecular complexity index is 448. The summed E-state index contributed by atoms with van der Waals surface area (Å²) in [5.41, 5.74) is 2.10. The summed E-state index contributed by atoms with van der Waals surface area (Å²) in [6.45, 7) is 7.50. The van der Waals surface area contributed by atoms with Crippen LogP contribution in [0.2, 0.25) is 0 Å². The van der Waals surface area contributed by atoms with E-state index in [-0.39, 0.29) is 12.5 Å². The minimum absolute atomic E-state index is 0.0155. The van der Waals surface area contributed by atoms with Crippen LogP contribution in [0.5, 0.6) is 0 Å². The standard InChI is InChI=1S/C14H21N3OS/c1-4-15-13(18)10-17(5-2)14(19)16-12-9-7-6-8-11(12)3/h6-9H,4-5,10H2,1-3H3,(H,15,18)(H,16,19). The topological polar surface area (TPSA) is 44.4 Å². The highest BCUT2D eigenvalue weighted by Crippen LogP contribution is 2.13. The maximum atomic E-state index is 11.6. The van der Waals surface area contributed by atoms with Gasteiger partial charge in [-0.2, -0.15) is 0 Å². The Morgan fingerprint density at radius 1 is 1.32 bits per heavy atom. The molecule has 0 aromatic heterocycles. The van der Waals surface area contributed by atoms with Gasteiger partial charge in [0.25, 0.3) is 0 Å². The number of amides is 1. The molecule has 0 unspecified atom stereocenters. The number of hydrogen-bond acceptors (Lipinski definition) is 2. The fourth-order valence-corrected chi connectivity index (χ4v) is 1.96. The summed E-state index contributed by atoms with van der Waals surface area (Å²) in [5, 5.41) is 6.53. The Balaban J connectivity index is 2.64. The number of aryl methyl sites for hydroxylation is 1. The first-order chi connectivity index (χ1) is 9.08. The first-order valence-electron chi connectivity index (χ1n) is 6.46. The number of hydrogen-bond donors (Lipinski definition) is 2. The van der Waals surface area contributed by atoms with E-state index in [0.717, 1.165) is 11.3 Å². The molecule has 104 valence electrons. The zero-order valence-corrected chi connectivity index (χ0v) is 12.5. The minimum atomic E-state index is -0.0155. The zero-order valence-electron chi connectivity index (χ0n) is 11.7. The van der Waals surface area contributed by atoms with E-state index in [1.54, 1.807) is 0 Å². The van der Waals surface area contributed by atoms with E-state index < -0.39 is 0 Å². The van der Waals surface area contributed by atoms with Gasteiger partial charge in [0.15, 0.2) is 5.11 Å². The largest absolute Gasteiger partial charge is 0.355 e. The molecule has 2 N–H and O–H groups in total. The molecule has 0 aliphatic heterocycles. The predicted octanol–water partition coefficient (Wildman–Crippen LogP) is 2.15. The molecule has 0 spiro atoms. The second kappa shape index (κ2) is 7.74. The van der Waals surface area contributed by atoms with Gasteiger partial charge in [-0.1, -0.05) is 18.2 Å². The smallest absolute Gasteiger partial charge is 0.239 e. The summed E-state index contributed by atoms with van der Waals surface area (Å²) in [6.07, 6.45) is 0. The molecule has 1 aromatic carbocycles. The molecule has 0 saturated heterocycles. The summed E-state index contributed by atoms with van der Waals surface area (Å²) in [4.78, 5) is 13.4. The van der Waals surface area contributed by atoms with Gasteiger partial charge in [-0.05, 0) is 44.6 Å². The lowest BCUT2D eigenvalue weighted by atomic mass is 10.2. The van der Waals surface area contributed by atoms with Crippen molar-refractivity contribution < 1.29 is 4.79 Å². The lowest BCUT2D eigenvalue weighted by molar-refractivity contribution is -0.121. The highest BCUT2D eigenvalue weighted by molar-refractivity contribution is 7.80. The molecule has 0 radical (unpaired) electrons. The van der Waals surface area contributed by atoms with Crippen LogP contribution >= 0.6 is 12.2 Å². The van der Waals surface area contributed by atoms with Gasteiger partial charge in [-0.25, -0.2) is 0 Å². The van der Waals surface area contributed by atoms with Crippen molar-refractivity contribution in [2.24, 2.45) is 0 Å². The van der Waals surface area contributed by atoms with E-state index in [0.29, 0.717) is 18.2 Å². The van der Waals surface area contributed by atoms with E-state index in [4.69, 9.17) is 12.2 Å². The quantitative estimate of drug-likeness (QED) is 0.811. The maximum absolute atomic E-state index is 11.6. The van der Waals surface area contributed by atoms with Crippen molar-refractivity contribution in [1.29, 1.82) is 0 Å². The molecule has 0 bridgehead atoms. The number of benzene rings is 1. The third-order valence-corrected chi connectivity index (χ3v) is 3.12. The zero-order chi connectivity index (χ0) is 14.3. The number of likely N-dealkylation sites (N-methyl/N-ethyl adjacent to an activating group) is 2. The van der Waals surface area contributed by atoms with Crippen LogP contribution in [0.1, 0.15) is 19.4 Å². The number of carbonyl (C=O) groups excluding carboxylic acids is 1. The molecule has 19 heavy (non-hydrogen) atoms. The summed E-state index contributed by atoms with van der Waals surface area (Å²) in [5.74, 6) is -0.0155. The average molecular weight is 279 g/mol. The molecular weight excluding hydrogens is 258 g/mol. The van der Waals surface area contributed by atoms with Crippen molar-refractivity contribution in [1.82, 2.24) is 10.2 Å². The van der Waals surface area contributed by atoms with E-state index in [2.05, 4.69) is 10.6 Å². The SMILES string of the molecule is CCNC(=O)CN(CC)C(=S)Nc1ccccc1C. The van der Waals surface area contributed by atoms with Crippen LogP contribution in [0.4, 0.5) is 5.69 Å². The monoisotopic (exact) mass is 279 g/mol. The fraction of sp³-hybridized carbons (Fsp3) is 0.429. The van der Waals surface area contributed by atoms with Gasteiger partial charge in [-0.3, -0.25) is 4.79 Å². The highest BCUT2D eigenvalue weighted by atomic mass is 32.1. The Labute approximate surface area is 120 Å². The molecule has 0 fully saturated rings. The Hall–Kier alpha value is -1.62. The van der Waals surface area contributed by atoms with Crippen LogP contribution < -0.4 is 10.6 Å². The first kappa shape index (κ1) is 15.4. The number of anilines is 1. The summed E-state index contributed by atoms with van der Waals surface area (Å²) < 4.78 is 0. The number of thiocarbonyl (C=S) groups is 1. The van der Waals surface area contributed by atoms with Crippen molar-refractivity contribution in [2.75, 3.05) is 25.0 Å². The lowest BCUT2D eigenvalue weighted by Gasteiger charge is -2.24. The molecule has 0 aliphatic carbocycles. The van der Waals surface area contributed by atoms with Crippen LogP contribution in [0.3, 0.4) is 0 Å². The minimum Gasteiger partial charge on any atom is -0.355 e. The van der Waals surface area contributed by atoms with Gasteiger partial charge in [0, 0.05) is 18.8 Å². The van der Waals surface area contributed by atoms with Gasteiger partial charge in [0.05, 0.1) is 6.54 Å². The van der Waals surface area contributed by atoms with Crippen molar-refractivity contribution in [3.8, 4) is 0 Å². The number of para-hydroxylation sites is 1. The van der Waals surface area contributed by atoms with E-state index in [9.17, 15) is 4.79 Å². The summed E-state index contributed by atoms with van der Waals surface area (Å²) in [7, 11) is 0. The predicted molar refractivity (Wildman–Crippen MR) is 83.3 cm³/mol. The van der Waals surface area contributed by atoms with Gasteiger partial charge in [-0.15, -0.1) is 0 Å². The molecule has 1 amide bonds. The Morgan fingerprint density at radius 2 is 2.00 bits per heavy atom. The highest BCUT2D eigenvalue weighted by Gasteiger charge is 2.12. The van der Waals surface area contributed by atoms with Gasteiger partial charge in [0.2, 0.25) is 5.91 Å². The maximum Gasteiger partial charge on any atom is 0.239 e. The normalized spacial score (nSPS) is 9.84. The molecule has 5 heteroatoms. The molecule has 0 aliphatic rings. The average Bonchev–Trinajstić information content (AvgIpc) is 2.39. The molecule has 1 rings (SSSR count). The number of nitrogens with zero attached hydrogens (tertiary/aromatic N) is 1. The Morgan fingerprint density at radius 3 is 2.58 bits per heavy atom. The summed E-state index contributed by atoms with van der Waals surface area (Å²) >= 11 is 5.35. The van der Waals surface area contributed by atoms with Crippen LogP contribution in [0.15, 0.2) is 24.3 Å².